The average molecular weight is 207 g/mol. The van der Waals surface area contributed by atoms with Crippen molar-refractivity contribution in [1.29, 1.82) is 0 Å². The number of nitrogens with zero attached hydrogens (tertiary/aromatic N) is 1. The second-order valence-electron chi connectivity index (χ2n) is 3.71. The lowest BCUT2D eigenvalue weighted by Crippen LogP contribution is -2.23. The SMILES string of the molecule is COc1ccc(C2=NOC(C)(O)C2)cc1. The zero-order valence-corrected chi connectivity index (χ0v) is 8.73. The lowest BCUT2D eigenvalue weighted by Gasteiger charge is -2.11. The van der Waals surface area contributed by atoms with Gasteiger partial charge >= 0.3 is 0 Å². The van der Waals surface area contributed by atoms with E-state index in [4.69, 9.17) is 9.57 Å². The molecule has 0 saturated heterocycles. The second kappa shape index (κ2) is 3.55. The normalized spacial score (nSPS) is 24.6. The Balaban J connectivity index is 2.18. The van der Waals surface area contributed by atoms with Crippen LogP contribution in [0.15, 0.2) is 29.4 Å². The van der Waals surface area contributed by atoms with Gasteiger partial charge in [-0.15, -0.1) is 0 Å². The summed E-state index contributed by atoms with van der Waals surface area (Å²) in [5, 5.41) is 13.4. The van der Waals surface area contributed by atoms with Crippen LogP contribution in [-0.4, -0.2) is 23.7 Å². The van der Waals surface area contributed by atoms with Gasteiger partial charge in [0.2, 0.25) is 5.79 Å². The van der Waals surface area contributed by atoms with E-state index < -0.39 is 5.79 Å². The number of benzene rings is 1. The number of ether oxygens (including phenoxy) is 1. The molecule has 0 spiro atoms. The van der Waals surface area contributed by atoms with E-state index in [0.29, 0.717) is 6.42 Å². The third kappa shape index (κ3) is 2.10. The van der Waals surface area contributed by atoms with E-state index in [0.717, 1.165) is 17.0 Å². The molecule has 1 heterocycles. The lowest BCUT2D eigenvalue weighted by molar-refractivity contribution is -0.170. The molecule has 0 amide bonds. The Hall–Kier alpha value is -1.55. The van der Waals surface area contributed by atoms with E-state index in [-0.39, 0.29) is 0 Å². The summed E-state index contributed by atoms with van der Waals surface area (Å²) in [5.74, 6) is -0.375. The Morgan fingerprint density at radius 1 is 1.40 bits per heavy atom. The van der Waals surface area contributed by atoms with Crippen LogP contribution in [0.1, 0.15) is 18.9 Å². The van der Waals surface area contributed by atoms with Crippen molar-refractivity contribution in [3.05, 3.63) is 29.8 Å². The first-order chi connectivity index (χ1) is 7.11. The summed E-state index contributed by atoms with van der Waals surface area (Å²) in [6.45, 7) is 1.59. The maximum Gasteiger partial charge on any atom is 0.237 e. The third-order valence-corrected chi connectivity index (χ3v) is 2.27. The van der Waals surface area contributed by atoms with Crippen molar-refractivity contribution in [2.45, 2.75) is 19.1 Å². The van der Waals surface area contributed by atoms with E-state index in [2.05, 4.69) is 5.16 Å². The van der Waals surface area contributed by atoms with Gasteiger partial charge in [-0.25, -0.2) is 0 Å². The van der Waals surface area contributed by atoms with E-state index in [1.54, 1.807) is 14.0 Å². The highest BCUT2D eigenvalue weighted by atomic mass is 16.7. The van der Waals surface area contributed by atoms with Gasteiger partial charge in [-0.3, -0.25) is 0 Å². The molecule has 4 heteroatoms. The van der Waals surface area contributed by atoms with Gasteiger partial charge in [-0.2, -0.15) is 0 Å². The van der Waals surface area contributed by atoms with Crippen LogP contribution in [0.3, 0.4) is 0 Å². The van der Waals surface area contributed by atoms with Gasteiger partial charge in [0.1, 0.15) is 5.75 Å². The molecule has 0 saturated carbocycles. The van der Waals surface area contributed by atoms with Crippen LogP contribution in [0.25, 0.3) is 0 Å². The van der Waals surface area contributed by atoms with Crippen molar-refractivity contribution in [2.24, 2.45) is 5.16 Å². The summed E-state index contributed by atoms with van der Waals surface area (Å²) in [5.41, 5.74) is 1.69. The van der Waals surface area contributed by atoms with Gasteiger partial charge in [-0.05, 0) is 29.8 Å². The van der Waals surface area contributed by atoms with Crippen LogP contribution in [-0.2, 0) is 4.84 Å². The molecule has 80 valence electrons. The van der Waals surface area contributed by atoms with E-state index in [9.17, 15) is 5.11 Å². The molecule has 0 bridgehead atoms. The molecule has 4 nitrogen and oxygen atoms in total. The molecule has 0 aliphatic carbocycles. The zero-order valence-electron chi connectivity index (χ0n) is 8.73. The minimum atomic E-state index is -1.17. The second-order valence-corrected chi connectivity index (χ2v) is 3.71. The van der Waals surface area contributed by atoms with Crippen molar-refractivity contribution in [1.82, 2.24) is 0 Å². The molecule has 0 fully saturated rings. The molecule has 1 aliphatic rings. The van der Waals surface area contributed by atoms with Crippen molar-refractivity contribution in [2.75, 3.05) is 7.11 Å². The largest absolute Gasteiger partial charge is 0.497 e. The Morgan fingerprint density at radius 2 is 2.07 bits per heavy atom. The maximum atomic E-state index is 9.57. The molecule has 1 N–H and O–H groups in total. The van der Waals surface area contributed by atoms with Gasteiger partial charge in [0, 0.05) is 6.92 Å². The molecule has 1 aromatic rings. The first-order valence-electron chi connectivity index (χ1n) is 4.72. The van der Waals surface area contributed by atoms with Crippen molar-refractivity contribution < 1.29 is 14.7 Å². The smallest absolute Gasteiger partial charge is 0.237 e. The Morgan fingerprint density at radius 3 is 2.53 bits per heavy atom. The molecule has 15 heavy (non-hydrogen) atoms. The van der Waals surface area contributed by atoms with E-state index in [1.807, 2.05) is 24.3 Å². The predicted octanol–water partition coefficient (Wildman–Crippen LogP) is 1.53. The predicted molar refractivity (Wildman–Crippen MR) is 55.9 cm³/mol. The lowest BCUT2D eigenvalue weighted by atomic mass is 10.0. The molecule has 1 unspecified atom stereocenters. The minimum absolute atomic E-state index is 0.402. The first kappa shape index (κ1) is 9.98. The topological polar surface area (TPSA) is 51.0 Å². The van der Waals surface area contributed by atoms with Crippen LogP contribution in [0.5, 0.6) is 5.75 Å². The van der Waals surface area contributed by atoms with Crippen LogP contribution in [0.2, 0.25) is 0 Å². The molecular formula is C11H13NO3. The van der Waals surface area contributed by atoms with Gasteiger partial charge in [0.15, 0.2) is 0 Å². The fourth-order valence-corrected chi connectivity index (χ4v) is 1.47. The summed E-state index contributed by atoms with van der Waals surface area (Å²) in [4.78, 5) is 4.88. The fraction of sp³-hybridized carbons (Fsp3) is 0.364. The molecule has 0 aromatic heterocycles. The number of aliphatic hydroxyl groups is 1. The summed E-state index contributed by atoms with van der Waals surface area (Å²) >= 11 is 0. The third-order valence-electron chi connectivity index (χ3n) is 2.27. The Labute approximate surface area is 88.1 Å². The standard InChI is InChI=1S/C11H13NO3/c1-11(13)7-10(12-15-11)8-3-5-9(14-2)6-4-8/h3-6,13H,7H2,1-2H3. The van der Waals surface area contributed by atoms with Crippen molar-refractivity contribution >= 4 is 5.71 Å². The average Bonchev–Trinajstić information content (AvgIpc) is 2.59. The molecule has 1 aliphatic heterocycles. The minimum Gasteiger partial charge on any atom is -0.497 e. The van der Waals surface area contributed by atoms with Crippen molar-refractivity contribution in [3.8, 4) is 5.75 Å². The molecular weight excluding hydrogens is 194 g/mol. The highest BCUT2D eigenvalue weighted by Gasteiger charge is 2.31. The fourth-order valence-electron chi connectivity index (χ4n) is 1.47. The number of rotatable bonds is 2. The number of methoxy groups -OCH3 is 1. The van der Waals surface area contributed by atoms with Gasteiger partial charge in [0.05, 0.1) is 19.2 Å². The summed E-state index contributed by atoms with van der Waals surface area (Å²) in [6.07, 6.45) is 0.402. The van der Waals surface area contributed by atoms with Crippen LogP contribution in [0.4, 0.5) is 0 Å². The quantitative estimate of drug-likeness (QED) is 0.800. The monoisotopic (exact) mass is 207 g/mol. The van der Waals surface area contributed by atoms with Gasteiger partial charge in [0.25, 0.3) is 0 Å². The molecule has 1 atom stereocenters. The van der Waals surface area contributed by atoms with Gasteiger partial charge in [-0.1, -0.05) is 5.16 Å². The Kier molecular flexibility index (Phi) is 2.36. The molecule has 0 radical (unpaired) electrons. The van der Waals surface area contributed by atoms with Crippen LogP contribution >= 0.6 is 0 Å². The van der Waals surface area contributed by atoms with Crippen LogP contribution < -0.4 is 4.74 Å². The first-order valence-corrected chi connectivity index (χ1v) is 4.72. The van der Waals surface area contributed by atoms with E-state index in [1.165, 1.54) is 0 Å². The number of hydrogen-bond acceptors (Lipinski definition) is 4. The molecule has 1 aromatic carbocycles. The highest BCUT2D eigenvalue weighted by molar-refractivity contribution is 6.01. The maximum absolute atomic E-state index is 9.57. The number of hydrogen-bond donors (Lipinski definition) is 1. The summed E-state index contributed by atoms with van der Waals surface area (Å²) in [7, 11) is 1.62. The van der Waals surface area contributed by atoms with Crippen molar-refractivity contribution in [3.63, 3.8) is 0 Å². The molecule has 2 rings (SSSR count). The Bertz CT molecular complexity index is 381. The van der Waals surface area contributed by atoms with Crippen LogP contribution in [0, 0.1) is 0 Å². The zero-order chi connectivity index (χ0) is 10.9. The summed E-state index contributed by atoms with van der Waals surface area (Å²) < 4.78 is 5.05. The van der Waals surface area contributed by atoms with Gasteiger partial charge < -0.3 is 14.7 Å². The highest BCUT2D eigenvalue weighted by Crippen LogP contribution is 2.24. The summed E-state index contributed by atoms with van der Waals surface area (Å²) in [6, 6.07) is 7.49. The van der Waals surface area contributed by atoms with E-state index >= 15 is 0 Å². The number of oxime groups is 1.